The van der Waals surface area contributed by atoms with Crippen molar-refractivity contribution in [2.24, 2.45) is 0 Å². The first-order valence-electron chi connectivity index (χ1n) is 6.22. The molecular weight excluding hydrogens is 214 g/mol. The van der Waals surface area contributed by atoms with Gasteiger partial charge in [-0.3, -0.25) is 0 Å². The summed E-state index contributed by atoms with van der Waals surface area (Å²) < 4.78 is 11.0. The van der Waals surface area contributed by atoms with E-state index in [4.69, 9.17) is 9.47 Å². The Kier molecular flexibility index (Phi) is 4.02. The lowest BCUT2D eigenvalue weighted by molar-refractivity contribution is 0.0598. The molecule has 3 heteroatoms. The molecule has 1 aliphatic rings. The van der Waals surface area contributed by atoms with Crippen LogP contribution in [0.4, 0.5) is 0 Å². The van der Waals surface area contributed by atoms with E-state index in [0.29, 0.717) is 0 Å². The van der Waals surface area contributed by atoms with Crippen molar-refractivity contribution in [1.29, 1.82) is 0 Å². The Bertz CT molecular complexity index is 376. The molecule has 0 fully saturated rings. The Labute approximate surface area is 103 Å². The molecule has 0 aliphatic carbocycles. The average molecular weight is 235 g/mol. The number of nitrogens with one attached hydrogen (secondary N) is 1. The molecule has 1 heterocycles. The van der Waals surface area contributed by atoms with E-state index in [1.165, 1.54) is 11.1 Å². The van der Waals surface area contributed by atoms with E-state index in [-0.39, 0.29) is 12.1 Å². The van der Waals surface area contributed by atoms with Gasteiger partial charge in [-0.25, -0.2) is 0 Å². The second kappa shape index (κ2) is 5.52. The number of methoxy groups -OCH3 is 1. The number of fused-ring (bicyclic) bond motifs is 1. The van der Waals surface area contributed by atoms with Gasteiger partial charge in [0, 0.05) is 0 Å². The van der Waals surface area contributed by atoms with E-state index in [2.05, 4.69) is 31.3 Å². The third-order valence-corrected chi connectivity index (χ3v) is 3.11. The molecule has 0 aromatic heterocycles. The van der Waals surface area contributed by atoms with Crippen LogP contribution in [0.15, 0.2) is 18.2 Å². The van der Waals surface area contributed by atoms with Crippen LogP contribution in [-0.4, -0.2) is 26.4 Å². The molecule has 1 aromatic rings. The van der Waals surface area contributed by atoms with Crippen molar-refractivity contribution in [3.63, 3.8) is 0 Å². The zero-order valence-electron chi connectivity index (χ0n) is 10.8. The first kappa shape index (κ1) is 12.4. The predicted molar refractivity (Wildman–Crippen MR) is 68.5 cm³/mol. The Morgan fingerprint density at radius 1 is 1.41 bits per heavy atom. The largest absolute Gasteiger partial charge is 0.497 e. The standard InChI is InChI=1S/C14H21NO2/c1-10(2)17-9-14-13-8-12(16-3)5-4-11(13)6-7-15-14/h4-5,8,10,14-15H,6-7,9H2,1-3H3. The van der Waals surface area contributed by atoms with Crippen molar-refractivity contribution in [2.45, 2.75) is 32.4 Å². The van der Waals surface area contributed by atoms with E-state index in [9.17, 15) is 0 Å². The monoisotopic (exact) mass is 235 g/mol. The second-order valence-corrected chi connectivity index (χ2v) is 4.70. The van der Waals surface area contributed by atoms with Gasteiger partial charge in [-0.05, 0) is 50.1 Å². The smallest absolute Gasteiger partial charge is 0.119 e. The van der Waals surface area contributed by atoms with Crippen LogP contribution in [0.3, 0.4) is 0 Å². The number of rotatable bonds is 4. The van der Waals surface area contributed by atoms with Gasteiger partial charge < -0.3 is 14.8 Å². The molecule has 0 spiro atoms. The summed E-state index contributed by atoms with van der Waals surface area (Å²) in [5.74, 6) is 0.919. The van der Waals surface area contributed by atoms with Gasteiger partial charge in [-0.15, -0.1) is 0 Å². The summed E-state index contributed by atoms with van der Waals surface area (Å²) in [6.07, 6.45) is 1.35. The van der Waals surface area contributed by atoms with E-state index in [0.717, 1.165) is 25.3 Å². The Balaban J connectivity index is 2.16. The molecule has 1 aliphatic heterocycles. The van der Waals surface area contributed by atoms with Crippen molar-refractivity contribution in [2.75, 3.05) is 20.3 Å². The lowest BCUT2D eigenvalue weighted by Crippen LogP contribution is -2.33. The van der Waals surface area contributed by atoms with E-state index in [1.54, 1.807) is 7.11 Å². The lowest BCUT2D eigenvalue weighted by atomic mass is 9.94. The molecule has 17 heavy (non-hydrogen) atoms. The summed E-state index contributed by atoms with van der Waals surface area (Å²) in [6.45, 7) is 5.87. The Morgan fingerprint density at radius 2 is 2.24 bits per heavy atom. The lowest BCUT2D eigenvalue weighted by Gasteiger charge is -2.28. The molecule has 1 N–H and O–H groups in total. The molecule has 1 atom stereocenters. The van der Waals surface area contributed by atoms with Crippen LogP contribution < -0.4 is 10.1 Å². The molecule has 0 radical (unpaired) electrons. The van der Waals surface area contributed by atoms with Crippen molar-refractivity contribution in [1.82, 2.24) is 5.32 Å². The highest BCUT2D eigenvalue weighted by atomic mass is 16.5. The van der Waals surface area contributed by atoms with Crippen LogP contribution in [-0.2, 0) is 11.2 Å². The molecule has 1 unspecified atom stereocenters. The maximum atomic E-state index is 5.71. The number of ether oxygens (including phenoxy) is 2. The summed E-state index contributed by atoms with van der Waals surface area (Å²) in [7, 11) is 1.71. The molecule has 3 nitrogen and oxygen atoms in total. The van der Waals surface area contributed by atoms with Crippen molar-refractivity contribution in [3.8, 4) is 5.75 Å². The highest BCUT2D eigenvalue weighted by molar-refractivity contribution is 5.39. The molecule has 0 amide bonds. The summed E-state index contributed by atoms with van der Waals surface area (Å²) in [6, 6.07) is 6.61. The molecule has 94 valence electrons. The summed E-state index contributed by atoms with van der Waals surface area (Å²) >= 11 is 0. The maximum Gasteiger partial charge on any atom is 0.119 e. The molecule has 0 saturated heterocycles. The summed E-state index contributed by atoms with van der Waals surface area (Å²) in [5, 5.41) is 3.50. The van der Waals surface area contributed by atoms with Crippen LogP contribution in [0.2, 0.25) is 0 Å². The maximum absolute atomic E-state index is 5.71. The normalized spacial score (nSPS) is 19.2. The van der Waals surface area contributed by atoms with Crippen LogP contribution in [0.1, 0.15) is 31.0 Å². The summed E-state index contributed by atoms with van der Waals surface area (Å²) in [5.41, 5.74) is 2.72. The van der Waals surface area contributed by atoms with Gasteiger partial charge in [0.25, 0.3) is 0 Å². The first-order valence-corrected chi connectivity index (χ1v) is 6.22. The van der Waals surface area contributed by atoms with Crippen molar-refractivity contribution >= 4 is 0 Å². The predicted octanol–water partition coefficient (Wildman–Crippen LogP) is 2.31. The zero-order chi connectivity index (χ0) is 12.3. The van der Waals surface area contributed by atoms with E-state index >= 15 is 0 Å². The number of hydrogen-bond acceptors (Lipinski definition) is 3. The molecular formula is C14H21NO2. The minimum Gasteiger partial charge on any atom is -0.497 e. The third kappa shape index (κ3) is 2.99. The van der Waals surface area contributed by atoms with Crippen molar-refractivity contribution < 1.29 is 9.47 Å². The van der Waals surface area contributed by atoms with Gasteiger partial charge in [0.1, 0.15) is 5.75 Å². The molecule has 0 saturated carbocycles. The van der Waals surface area contributed by atoms with Gasteiger partial charge in [0.2, 0.25) is 0 Å². The zero-order valence-corrected chi connectivity index (χ0v) is 10.8. The fraction of sp³-hybridized carbons (Fsp3) is 0.571. The quantitative estimate of drug-likeness (QED) is 0.868. The van der Waals surface area contributed by atoms with Gasteiger partial charge in [-0.1, -0.05) is 6.07 Å². The fourth-order valence-electron chi connectivity index (χ4n) is 2.18. The van der Waals surface area contributed by atoms with Crippen LogP contribution in [0.25, 0.3) is 0 Å². The number of hydrogen-bond donors (Lipinski definition) is 1. The molecule has 1 aromatic carbocycles. The first-order chi connectivity index (χ1) is 8.20. The Hall–Kier alpha value is -1.06. The number of benzene rings is 1. The van der Waals surface area contributed by atoms with Gasteiger partial charge in [0.05, 0.1) is 25.9 Å². The van der Waals surface area contributed by atoms with Crippen molar-refractivity contribution in [3.05, 3.63) is 29.3 Å². The van der Waals surface area contributed by atoms with E-state index < -0.39 is 0 Å². The van der Waals surface area contributed by atoms with Gasteiger partial charge in [-0.2, -0.15) is 0 Å². The minimum atomic E-state index is 0.271. The molecule has 0 bridgehead atoms. The van der Waals surface area contributed by atoms with E-state index in [1.807, 2.05) is 6.07 Å². The topological polar surface area (TPSA) is 30.5 Å². The van der Waals surface area contributed by atoms with Crippen LogP contribution in [0.5, 0.6) is 5.75 Å². The molecule has 2 rings (SSSR count). The van der Waals surface area contributed by atoms with Crippen LogP contribution >= 0.6 is 0 Å². The third-order valence-electron chi connectivity index (χ3n) is 3.11. The second-order valence-electron chi connectivity index (χ2n) is 4.70. The Morgan fingerprint density at radius 3 is 2.94 bits per heavy atom. The van der Waals surface area contributed by atoms with Gasteiger partial charge >= 0.3 is 0 Å². The summed E-state index contributed by atoms with van der Waals surface area (Å²) in [4.78, 5) is 0. The minimum absolute atomic E-state index is 0.271. The SMILES string of the molecule is COc1ccc2c(c1)C(COC(C)C)NCC2. The average Bonchev–Trinajstić information content (AvgIpc) is 2.35. The fourth-order valence-corrected chi connectivity index (χ4v) is 2.18. The highest BCUT2D eigenvalue weighted by Gasteiger charge is 2.20. The highest BCUT2D eigenvalue weighted by Crippen LogP contribution is 2.27. The van der Waals surface area contributed by atoms with Gasteiger partial charge in [0.15, 0.2) is 0 Å². The van der Waals surface area contributed by atoms with Crippen LogP contribution in [0, 0.1) is 0 Å².